The molecule has 0 spiro atoms. The lowest BCUT2D eigenvalue weighted by Gasteiger charge is -2.06. The van der Waals surface area contributed by atoms with Crippen LogP contribution in [-0.4, -0.2) is 28.5 Å². The second kappa shape index (κ2) is 8.74. The Bertz CT molecular complexity index is 413. The van der Waals surface area contributed by atoms with E-state index in [1.807, 2.05) is 11.8 Å². The minimum absolute atomic E-state index is 0.123. The zero-order valence-corrected chi connectivity index (χ0v) is 12.3. The molecule has 0 bridgehead atoms. The maximum atomic E-state index is 10.8. The highest BCUT2D eigenvalue weighted by molar-refractivity contribution is 7.98. The van der Waals surface area contributed by atoms with Gasteiger partial charge in [-0.1, -0.05) is 12.8 Å². The van der Waals surface area contributed by atoms with Gasteiger partial charge in [0.05, 0.1) is 11.0 Å². The van der Waals surface area contributed by atoms with Gasteiger partial charge in [-0.2, -0.15) is 11.8 Å². The second-order valence-electron chi connectivity index (χ2n) is 4.45. The van der Waals surface area contributed by atoms with Crippen molar-refractivity contribution in [1.29, 1.82) is 0 Å². The van der Waals surface area contributed by atoms with Gasteiger partial charge in [0.2, 0.25) is 0 Å². The smallest absolute Gasteiger partial charge is 0.277 e. The Morgan fingerprint density at radius 1 is 1.37 bits per heavy atom. The van der Waals surface area contributed by atoms with E-state index in [0.29, 0.717) is 11.4 Å². The van der Waals surface area contributed by atoms with E-state index < -0.39 is 0 Å². The quantitative estimate of drug-likeness (QED) is 0.426. The van der Waals surface area contributed by atoms with E-state index in [9.17, 15) is 10.1 Å². The van der Waals surface area contributed by atoms with Crippen molar-refractivity contribution >= 4 is 23.3 Å². The molecule has 1 rings (SSSR count). The first-order valence-electron chi connectivity index (χ1n) is 6.49. The summed E-state index contributed by atoms with van der Waals surface area (Å²) < 4.78 is 0. The maximum Gasteiger partial charge on any atom is 0.277 e. The molecule has 0 radical (unpaired) electrons. The van der Waals surface area contributed by atoms with Crippen molar-refractivity contribution in [2.45, 2.75) is 32.6 Å². The first-order valence-corrected chi connectivity index (χ1v) is 7.88. The Morgan fingerprint density at radius 2 is 2.11 bits per heavy atom. The third kappa shape index (κ3) is 5.92. The van der Waals surface area contributed by atoms with Gasteiger partial charge in [-0.25, -0.2) is 4.98 Å². The summed E-state index contributed by atoms with van der Waals surface area (Å²) in [6.07, 6.45) is 8.41. The third-order valence-electron chi connectivity index (χ3n) is 2.85. The molecule has 0 saturated carbocycles. The highest BCUT2D eigenvalue weighted by atomic mass is 32.2. The van der Waals surface area contributed by atoms with Crippen molar-refractivity contribution in [2.75, 3.05) is 23.9 Å². The number of nitrogens with zero attached hydrogens (tertiary/aromatic N) is 2. The van der Waals surface area contributed by atoms with Crippen molar-refractivity contribution < 1.29 is 4.92 Å². The van der Waals surface area contributed by atoms with Gasteiger partial charge in [-0.3, -0.25) is 10.1 Å². The van der Waals surface area contributed by atoms with Crippen LogP contribution in [0.25, 0.3) is 0 Å². The molecule has 0 aliphatic carbocycles. The van der Waals surface area contributed by atoms with E-state index in [1.54, 1.807) is 13.1 Å². The zero-order chi connectivity index (χ0) is 14.1. The van der Waals surface area contributed by atoms with Crippen molar-refractivity contribution in [1.82, 2.24) is 4.98 Å². The number of anilines is 1. The standard InChI is InChI=1S/C13H21N3O2S/c1-11-10-15-13(9-12(11)16(17)18)14-7-5-3-4-6-8-19-2/h9-10H,3-8H2,1-2H3,(H,14,15). The number of thioether (sulfide) groups is 1. The molecule has 0 amide bonds. The van der Waals surface area contributed by atoms with Gasteiger partial charge in [-0.05, 0) is 31.8 Å². The second-order valence-corrected chi connectivity index (χ2v) is 5.43. The topological polar surface area (TPSA) is 68.1 Å². The van der Waals surface area contributed by atoms with Crippen molar-refractivity contribution in [3.63, 3.8) is 0 Å². The molecule has 106 valence electrons. The first-order chi connectivity index (χ1) is 9.15. The molecule has 0 aliphatic rings. The lowest BCUT2D eigenvalue weighted by Crippen LogP contribution is -2.04. The predicted octanol–water partition coefficient (Wildman–Crippen LogP) is 3.63. The van der Waals surface area contributed by atoms with Crippen LogP contribution in [0, 0.1) is 17.0 Å². The lowest BCUT2D eigenvalue weighted by atomic mass is 10.2. The van der Waals surface area contributed by atoms with Crippen LogP contribution in [0.2, 0.25) is 0 Å². The van der Waals surface area contributed by atoms with Gasteiger partial charge in [0.1, 0.15) is 5.82 Å². The summed E-state index contributed by atoms with van der Waals surface area (Å²) >= 11 is 1.88. The van der Waals surface area contributed by atoms with E-state index in [4.69, 9.17) is 0 Å². The molecule has 0 aliphatic heterocycles. The molecule has 0 saturated heterocycles. The highest BCUT2D eigenvalue weighted by Crippen LogP contribution is 2.19. The number of pyridine rings is 1. The first kappa shape index (κ1) is 15.8. The van der Waals surface area contributed by atoms with E-state index in [0.717, 1.165) is 13.0 Å². The Hall–Kier alpha value is -1.30. The SMILES string of the molecule is CSCCCCCCNc1cc([N+](=O)[O-])c(C)cn1. The molecule has 0 unspecified atom stereocenters. The normalized spacial score (nSPS) is 10.4. The molecule has 19 heavy (non-hydrogen) atoms. The number of nitro groups is 1. The molecule has 1 aromatic rings. The fraction of sp³-hybridized carbons (Fsp3) is 0.615. The Morgan fingerprint density at radius 3 is 2.79 bits per heavy atom. The minimum atomic E-state index is -0.370. The Kier molecular flexibility index (Phi) is 7.25. The summed E-state index contributed by atoms with van der Waals surface area (Å²) in [5.74, 6) is 1.81. The van der Waals surface area contributed by atoms with Gasteiger partial charge in [0.15, 0.2) is 0 Å². The van der Waals surface area contributed by atoms with Gasteiger partial charge >= 0.3 is 0 Å². The van der Waals surface area contributed by atoms with Crippen LogP contribution < -0.4 is 5.32 Å². The predicted molar refractivity (Wildman–Crippen MR) is 81.0 cm³/mol. The largest absolute Gasteiger partial charge is 0.370 e. The summed E-state index contributed by atoms with van der Waals surface area (Å²) in [7, 11) is 0. The molecule has 6 heteroatoms. The number of aromatic nitrogens is 1. The molecule has 0 atom stereocenters. The third-order valence-corrected chi connectivity index (χ3v) is 3.55. The van der Waals surface area contributed by atoms with Crippen molar-refractivity contribution in [3.05, 3.63) is 27.9 Å². The van der Waals surface area contributed by atoms with Crippen LogP contribution in [0.4, 0.5) is 11.5 Å². The molecule has 1 heterocycles. The number of hydrogen-bond donors (Lipinski definition) is 1. The minimum Gasteiger partial charge on any atom is -0.370 e. The van der Waals surface area contributed by atoms with Crippen LogP contribution in [0.5, 0.6) is 0 Å². The van der Waals surface area contributed by atoms with E-state index >= 15 is 0 Å². The lowest BCUT2D eigenvalue weighted by molar-refractivity contribution is -0.385. The van der Waals surface area contributed by atoms with Gasteiger partial charge in [0, 0.05) is 18.3 Å². The fourth-order valence-corrected chi connectivity index (χ4v) is 2.24. The number of nitrogens with one attached hydrogen (secondary N) is 1. The van der Waals surface area contributed by atoms with E-state index in [-0.39, 0.29) is 10.6 Å². The van der Waals surface area contributed by atoms with Gasteiger partial charge in [0.25, 0.3) is 5.69 Å². The van der Waals surface area contributed by atoms with Crippen LogP contribution in [0.1, 0.15) is 31.2 Å². The summed E-state index contributed by atoms with van der Waals surface area (Å²) in [6, 6.07) is 1.50. The molecular weight excluding hydrogens is 262 g/mol. The molecule has 5 nitrogen and oxygen atoms in total. The Balaban J connectivity index is 2.30. The van der Waals surface area contributed by atoms with Crippen molar-refractivity contribution in [2.24, 2.45) is 0 Å². The van der Waals surface area contributed by atoms with Gasteiger partial charge < -0.3 is 5.32 Å². The number of aryl methyl sites for hydroxylation is 1. The summed E-state index contributed by atoms with van der Waals surface area (Å²) in [4.78, 5) is 14.6. The fourth-order valence-electron chi connectivity index (χ4n) is 1.75. The van der Waals surface area contributed by atoms with E-state index in [2.05, 4.69) is 16.6 Å². The van der Waals surface area contributed by atoms with E-state index in [1.165, 1.54) is 31.1 Å². The van der Waals surface area contributed by atoms with Crippen LogP contribution in [0.3, 0.4) is 0 Å². The van der Waals surface area contributed by atoms with Crippen LogP contribution >= 0.6 is 11.8 Å². The average Bonchev–Trinajstić information content (AvgIpc) is 2.39. The zero-order valence-electron chi connectivity index (χ0n) is 11.5. The maximum absolute atomic E-state index is 10.8. The summed E-state index contributed by atoms with van der Waals surface area (Å²) in [5, 5.41) is 13.9. The number of rotatable bonds is 9. The molecular formula is C13H21N3O2S. The van der Waals surface area contributed by atoms with Crippen LogP contribution in [0.15, 0.2) is 12.3 Å². The summed E-state index contributed by atoms with van der Waals surface area (Å²) in [5.41, 5.74) is 0.713. The molecule has 1 aromatic heterocycles. The highest BCUT2D eigenvalue weighted by Gasteiger charge is 2.11. The van der Waals surface area contributed by atoms with Crippen molar-refractivity contribution in [3.8, 4) is 0 Å². The molecule has 1 N–H and O–H groups in total. The average molecular weight is 283 g/mol. The molecule has 0 aromatic carbocycles. The van der Waals surface area contributed by atoms with Crippen LogP contribution in [-0.2, 0) is 0 Å². The number of hydrogen-bond acceptors (Lipinski definition) is 5. The number of unbranched alkanes of at least 4 members (excludes halogenated alkanes) is 3. The molecule has 0 fully saturated rings. The summed E-state index contributed by atoms with van der Waals surface area (Å²) in [6.45, 7) is 2.51. The Labute approximate surface area is 118 Å². The monoisotopic (exact) mass is 283 g/mol. The van der Waals surface area contributed by atoms with Gasteiger partial charge in [-0.15, -0.1) is 0 Å².